The van der Waals surface area contributed by atoms with Crippen LogP contribution < -0.4 is 5.73 Å². The zero-order valence-electron chi connectivity index (χ0n) is 7.18. The summed E-state index contributed by atoms with van der Waals surface area (Å²) >= 11 is 1.71. The summed E-state index contributed by atoms with van der Waals surface area (Å²) < 4.78 is 1.90. The Morgan fingerprint density at radius 3 is 3.15 bits per heavy atom. The Morgan fingerprint density at radius 1 is 1.54 bits per heavy atom. The maximum atomic E-state index is 5.60. The summed E-state index contributed by atoms with van der Waals surface area (Å²) in [6.45, 7) is 1.44. The highest BCUT2D eigenvalue weighted by atomic mass is 32.1. The molecular weight excluding hydrogens is 182 g/mol. The van der Waals surface area contributed by atoms with Crippen molar-refractivity contribution in [1.29, 1.82) is 0 Å². The first kappa shape index (κ1) is 8.47. The first-order chi connectivity index (χ1) is 6.40. The van der Waals surface area contributed by atoms with E-state index in [0.717, 1.165) is 6.54 Å². The van der Waals surface area contributed by atoms with Gasteiger partial charge in [-0.25, -0.2) is 0 Å². The molecule has 2 heterocycles. The normalized spacial score (nSPS) is 10.5. The quantitative estimate of drug-likeness (QED) is 0.801. The minimum Gasteiger partial charge on any atom is -0.326 e. The summed E-state index contributed by atoms with van der Waals surface area (Å²) in [5.74, 6) is 0. The average Bonchev–Trinajstić information content (AvgIpc) is 2.76. The monoisotopic (exact) mass is 193 g/mol. The van der Waals surface area contributed by atoms with E-state index >= 15 is 0 Å². The number of nitrogens with two attached hydrogens (primary N) is 1. The third kappa shape index (κ3) is 1.79. The van der Waals surface area contributed by atoms with Gasteiger partial charge in [0.25, 0.3) is 0 Å². The molecule has 2 aromatic heterocycles. The molecule has 0 aromatic carbocycles. The molecule has 4 heteroatoms. The van der Waals surface area contributed by atoms with Crippen molar-refractivity contribution in [2.45, 2.75) is 13.1 Å². The smallest absolute Gasteiger partial charge is 0.0670 e. The molecule has 0 saturated heterocycles. The number of nitrogens with zero attached hydrogens (tertiary/aromatic N) is 2. The van der Waals surface area contributed by atoms with Crippen LogP contribution in [0.15, 0.2) is 29.9 Å². The van der Waals surface area contributed by atoms with Gasteiger partial charge in [0, 0.05) is 23.8 Å². The number of hydrogen-bond donors (Lipinski definition) is 1. The minimum atomic E-state index is 0.619. The Kier molecular flexibility index (Phi) is 2.42. The molecule has 2 rings (SSSR count). The molecule has 0 spiro atoms. The molecule has 0 aliphatic heterocycles. The minimum absolute atomic E-state index is 0.619. The van der Waals surface area contributed by atoms with Gasteiger partial charge in [0.1, 0.15) is 0 Å². The number of rotatable bonds is 3. The molecule has 0 aliphatic rings. The van der Waals surface area contributed by atoms with Gasteiger partial charge in [-0.1, -0.05) is 0 Å². The van der Waals surface area contributed by atoms with Crippen LogP contribution in [-0.2, 0) is 13.1 Å². The van der Waals surface area contributed by atoms with Crippen LogP contribution in [0.1, 0.15) is 10.4 Å². The lowest BCUT2D eigenvalue weighted by Gasteiger charge is -2.01. The van der Waals surface area contributed by atoms with Crippen molar-refractivity contribution in [3.8, 4) is 0 Å². The van der Waals surface area contributed by atoms with Crippen LogP contribution in [-0.4, -0.2) is 9.78 Å². The first-order valence-corrected chi connectivity index (χ1v) is 5.01. The lowest BCUT2D eigenvalue weighted by molar-refractivity contribution is 0.684. The maximum Gasteiger partial charge on any atom is 0.0670 e. The van der Waals surface area contributed by atoms with Crippen LogP contribution in [0.5, 0.6) is 0 Å². The zero-order valence-corrected chi connectivity index (χ0v) is 8.00. The van der Waals surface area contributed by atoms with Gasteiger partial charge in [-0.3, -0.25) is 4.68 Å². The standard InChI is InChI=1S/C9H11N3S/c10-6-9-8(2-5-13-9)7-12-4-1-3-11-12/h1-5H,6-7,10H2. The van der Waals surface area contributed by atoms with Crippen LogP contribution >= 0.6 is 11.3 Å². The Morgan fingerprint density at radius 2 is 2.46 bits per heavy atom. The van der Waals surface area contributed by atoms with E-state index in [4.69, 9.17) is 5.73 Å². The molecule has 0 bridgehead atoms. The van der Waals surface area contributed by atoms with Crippen molar-refractivity contribution in [2.24, 2.45) is 5.73 Å². The van der Waals surface area contributed by atoms with Crippen LogP contribution in [0.4, 0.5) is 0 Å². The third-order valence-corrected chi connectivity index (χ3v) is 2.90. The molecule has 0 fully saturated rings. The van der Waals surface area contributed by atoms with E-state index in [0.29, 0.717) is 6.54 Å². The highest BCUT2D eigenvalue weighted by Gasteiger charge is 2.02. The Hall–Kier alpha value is -1.13. The summed E-state index contributed by atoms with van der Waals surface area (Å²) in [5.41, 5.74) is 6.88. The van der Waals surface area contributed by atoms with Gasteiger partial charge in [-0.15, -0.1) is 11.3 Å². The van der Waals surface area contributed by atoms with Gasteiger partial charge in [-0.2, -0.15) is 5.10 Å². The van der Waals surface area contributed by atoms with Gasteiger partial charge in [0.2, 0.25) is 0 Å². The topological polar surface area (TPSA) is 43.8 Å². The molecule has 0 radical (unpaired) electrons. The van der Waals surface area contributed by atoms with Gasteiger partial charge < -0.3 is 5.73 Å². The van der Waals surface area contributed by atoms with Crippen LogP contribution in [0.2, 0.25) is 0 Å². The van der Waals surface area contributed by atoms with E-state index in [1.54, 1.807) is 17.5 Å². The number of hydrogen-bond acceptors (Lipinski definition) is 3. The summed E-state index contributed by atoms with van der Waals surface area (Å²) in [4.78, 5) is 1.25. The summed E-state index contributed by atoms with van der Waals surface area (Å²) in [7, 11) is 0. The molecule has 0 saturated carbocycles. The van der Waals surface area contributed by atoms with Crippen LogP contribution in [0.25, 0.3) is 0 Å². The largest absolute Gasteiger partial charge is 0.326 e. The lowest BCUT2D eigenvalue weighted by atomic mass is 10.2. The third-order valence-electron chi connectivity index (χ3n) is 1.91. The van der Waals surface area contributed by atoms with E-state index in [1.807, 2.05) is 16.9 Å². The SMILES string of the molecule is NCc1sccc1Cn1cccn1. The Balaban J connectivity index is 2.18. The van der Waals surface area contributed by atoms with E-state index in [9.17, 15) is 0 Å². The highest BCUT2D eigenvalue weighted by Crippen LogP contribution is 2.16. The van der Waals surface area contributed by atoms with Crippen molar-refractivity contribution >= 4 is 11.3 Å². The first-order valence-electron chi connectivity index (χ1n) is 4.13. The second-order valence-electron chi connectivity index (χ2n) is 2.78. The molecular formula is C9H11N3S. The summed E-state index contributed by atoms with van der Waals surface area (Å²) in [5, 5.41) is 6.22. The molecule has 2 aromatic rings. The number of thiophene rings is 1. The lowest BCUT2D eigenvalue weighted by Crippen LogP contribution is -2.03. The van der Waals surface area contributed by atoms with E-state index < -0.39 is 0 Å². The molecule has 68 valence electrons. The van der Waals surface area contributed by atoms with E-state index in [-0.39, 0.29) is 0 Å². The predicted molar refractivity (Wildman–Crippen MR) is 53.5 cm³/mol. The fourth-order valence-electron chi connectivity index (χ4n) is 1.26. The molecule has 0 amide bonds. The Bertz CT molecular complexity index is 364. The molecule has 13 heavy (non-hydrogen) atoms. The molecule has 2 N–H and O–H groups in total. The summed E-state index contributed by atoms with van der Waals surface area (Å²) in [6, 6.07) is 4.03. The predicted octanol–water partition coefficient (Wildman–Crippen LogP) is 1.45. The molecule has 0 atom stereocenters. The second-order valence-corrected chi connectivity index (χ2v) is 3.78. The zero-order chi connectivity index (χ0) is 9.10. The highest BCUT2D eigenvalue weighted by molar-refractivity contribution is 7.10. The van der Waals surface area contributed by atoms with Crippen molar-refractivity contribution in [2.75, 3.05) is 0 Å². The average molecular weight is 193 g/mol. The van der Waals surface area contributed by atoms with Gasteiger partial charge >= 0.3 is 0 Å². The van der Waals surface area contributed by atoms with E-state index in [1.165, 1.54) is 10.4 Å². The van der Waals surface area contributed by atoms with E-state index in [2.05, 4.69) is 16.5 Å². The van der Waals surface area contributed by atoms with Crippen LogP contribution in [0.3, 0.4) is 0 Å². The van der Waals surface area contributed by atoms with Gasteiger partial charge in [0.15, 0.2) is 0 Å². The van der Waals surface area contributed by atoms with Crippen molar-refractivity contribution in [3.63, 3.8) is 0 Å². The second kappa shape index (κ2) is 3.72. The molecule has 3 nitrogen and oxygen atoms in total. The molecule has 0 aliphatic carbocycles. The van der Waals surface area contributed by atoms with Crippen LogP contribution in [0, 0.1) is 0 Å². The molecule has 0 unspecified atom stereocenters. The number of aromatic nitrogens is 2. The van der Waals surface area contributed by atoms with Crippen molar-refractivity contribution < 1.29 is 0 Å². The van der Waals surface area contributed by atoms with Crippen molar-refractivity contribution in [3.05, 3.63) is 40.3 Å². The maximum absolute atomic E-state index is 5.60. The van der Waals surface area contributed by atoms with Crippen molar-refractivity contribution in [1.82, 2.24) is 9.78 Å². The fraction of sp³-hybridized carbons (Fsp3) is 0.222. The van der Waals surface area contributed by atoms with Gasteiger partial charge in [-0.05, 0) is 23.1 Å². The summed E-state index contributed by atoms with van der Waals surface area (Å²) in [6.07, 6.45) is 3.74. The Labute approximate surface area is 80.8 Å². The van der Waals surface area contributed by atoms with Gasteiger partial charge in [0.05, 0.1) is 6.54 Å². The fourth-order valence-corrected chi connectivity index (χ4v) is 2.03.